The van der Waals surface area contributed by atoms with Crippen LogP contribution in [-0.2, 0) is 18.9 Å². The zero-order valence-electron chi connectivity index (χ0n) is 23.8. The average molecular weight is 570 g/mol. The lowest BCUT2D eigenvalue weighted by molar-refractivity contribution is -0.00278. The maximum absolute atomic E-state index is 5.77. The average Bonchev–Trinajstić information content (AvgIpc) is 3.69. The minimum Gasteiger partial charge on any atom is -0.379 e. The quantitative estimate of drug-likeness (QED) is 0.236. The standard InChI is InChI=1S/C30H43N5O4S/c1-2-36-17-18-38-21-22-39-20-19-37-16-15-33-11-13-34(14-12-33)26-6-7-27-28(23-26)40-30(32-27)25-5-8-29(31-24-25)35-9-3-4-10-35/h5-8,23-24H,2-4,9-22H2,1H3. The van der Waals surface area contributed by atoms with E-state index in [2.05, 4.69) is 45.0 Å². The van der Waals surface area contributed by atoms with Crippen molar-refractivity contribution in [2.24, 2.45) is 0 Å². The molecule has 5 rings (SSSR count). The smallest absolute Gasteiger partial charge is 0.128 e. The van der Waals surface area contributed by atoms with E-state index in [-0.39, 0.29) is 0 Å². The topological polar surface area (TPSA) is 72.4 Å². The number of ether oxygens (including phenoxy) is 4. The van der Waals surface area contributed by atoms with E-state index in [9.17, 15) is 0 Å². The van der Waals surface area contributed by atoms with Crippen LogP contribution in [0, 0.1) is 0 Å². The Labute approximate surface area is 242 Å². The van der Waals surface area contributed by atoms with Crippen LogP contribution in [0.2, 0.25) is 0 Å². The van der Waals surface area contributed by atoms with Crippen molar-refractivity contribution in [3.05, 3.63) is 36.5 Å². The lowest BCUT2D eigenvalue weighted by atomic mass is 10.2. The molecule has 0 amide bonds. The first-order valence-corrected chi connectivity index (χ1v) is 15.5. The van der Waals surface area contributed by atoms with Gasteiger partial charge in [-0.2, -0.15) is 0 Å². The SMILES string of the molecule is CCOCCOCCOCCOCCN1CCN(c2ccc3nc(-c4ccc(N5CCCC5)nc4)sc3c2)CC1. The Morgan fingerprint density at radius 2 is 1.45 bits per heavy atom. The first-order chi connectivity index (χ1) is 19.8. The fourth-order valence-electron chi connectivity index (χ4n) is 5.11. The van der Waals surface area contributed by atoms with Crippen molar-refractivity contribution in [1.29, 1.82) is 0 Å². The maximum atomic E-state index is 5.77. The number of thiazole rings is 1. The number of nitrogens with zero attached hydrogens (tertiary/aromatic N) is 5. The van der Waals surface area contributed by atoms with Crippen LogP contribution in [0.3, 0.4) is 0 Å². The molecule has 0 radical (unpaired) electrons. The molecule has 3 aromatic rings. The van der Waals surface area contributed by atoms with Crippen molar-refractivity contribution in [2.45, 2.75) is 19.8 Å². The number of aromatic nitrogens is 2. The number of benzene rings is 1. The van der Waals surface area contributed by atoms with Crippen molar-refractivity contribution in [3.63, 3.8) is 0 Å². The van der Waals surface area contributed by atoms with Gasteiger partial charge in [-0.15, -0.1) is 11.3 Å². The molecule has 4 heterocycles. The summed E-state index contributed by atoms with van der Waals surface area (Å²) in [6.45, 7) is 14.4. The lowest BCUT2D eigenvalue weighted by Gasteiger charge is -2.36. The lowest BCUT2D eigenvalue weighted by Crippen LogP contribution is -2.47. The monoisotopic (exact) mass is 569 g/mol. The van der Waals surface area contributed by atoms with Crippen molar-refractivity contribution in [1.82, 2.24) is 14.9 Å². The summed E-state index contributed by atoms with van der Waals surface area (Å²) in [6.07, 6.45) is 4.50. The van der Waals surface area contributed by atoms with E-state index in [1.807, 2.05) is 13.1 Å². The molecule has 0 spiro atoms. The van der Waals surface area contributed by atoms with Gasteiger partial charge in [-0.25, -0.2) is 9.97 Å². The molecule has 2 aromatic heterocycles. The molecule has 40 heavy (non-hydrogen) atoms. The number of hydrogen-bond donors (Lipinski definition) is 0. The van der Waals surface area contributed by atoms with E-state index in [1.54, 1.807) is 11.3 Å². The van der Waals surface area contributed by atoms with Crippen LogP contribution in [-0.4, -0.2) is 114 Å². The molecule has 0 unspecified atom stereocenters. The number of hydrogen-bond acceptors (Lipinski definition) is 10. The van der Waals surface area contributed by atoms with Crippen LogP contribution in [0.5, 0.6) is 0 Å². The maximum Gasteiger partial charge on any atom is 0.128 e. The van der Waals surface area contributed by atoms with E-state index >= 15 is 0 Å². The van der Waals surface area contributed by atoms with Crippen LogP contribution < -0.4 is 9.80 Å². The van der Waals surface area contributed by atoms with E-state index in [0.29, 0.717) is 39.6 Å². The van der Waals surface area contributed by atoms with Gasteiger partial charge < -0.3 is 28.7 Å². The zero-order chi connectivity index (χ0) is 27.4. The first kappa shape index (κ1) is 29.2. The highest BCUT2D eigenvalue weighted by Gasteiger charge is 2.18. The van der Waals surface area contributed by atoms with Gasteiger partial charge in [0.2, 0.25) is 0 Å². The van der Waals surface area contributed by atoms with Crippen LogP contribution in [0.4, 0.5) is 11.5 Å². The van der Waals surface area contributed by atoms with E-state index in [1.165, 1.54) is 23.2 Å². The number of anilines is 2. The van der Waals surface area contributed by atoms with Crippen LogP contribution in [0.1, 0.15) is 19.8 Å². The van der Waals surface area contributed by atoms with Gasteiger partial charge in [0.15, 0.2) is 0 Å². The first-order valence-electron chi connectivity index (χ1n) is 14.7. The highest BCUT2D eigenvalue weighted by Crippen LogP contribution is 2.33. The van der Waals surface area contributed by atoms with Crippen LogP contribution in [0.15, 0.2) is 36.5 Å². The fourth-order valence-corrected chi connectivity index (χ4v) is 6.10. The van der Waals surface area contributed by atoms with Gasteiger partial charge in [-0.05, 0) is 50.1 Å². The molecule has 2 aliphatic heterocycles. The summed E-state index contributed by atoms with van der Waals surface area (Å²) in [7, 11) is 0. The summed E-state index contributed by atoms with van der Waals surface area (Å²) in [5, 5.41) is 1.04. The van der Waals surface area contributed by atoms with E-state index < -0.39 is 0 Å². The molecule has 0 atom stereocenters. The molecule has 2 saturated heterocycles. The summed E-state index contributed by atoms with van der Waals surface area (Å²) in [5.74, 6) is 1.08. The normalized spacial score (nSPS) is 16.4. The summed E-state index contributed by atoms with van der Waals surface area (Å²) in [4.78, 5) is 16.9. The minimum atomic E-state index is 0.593. The Bertz CT molecular complexity index is 1150. The molecule has 218 valence electrons. The third-order valence-electron chi connectivity index (χ3n) is 7.41. The number of fused-ring (bicyclic) bond motifs is 1. The molecular weight excluding hydrogens is 526 g/mol. The summed E-state index contributed by atoms with van der Waals surface area (Å²) in [5.41, 5.74) is 3.43. The summed E-state index contributed by atoms with van der Waals surface area (Å²) in [6, 6.07) is 11.0. The summed E-state index contributed by atoms with van der Waals surface area (Å²) >= 11 is 1.75. The van der Waals surface area contributed by atoms with Gasteiger partial charge >= 0.3 is 0 Å². The van der Waals surface area contributed by atoms with Crippen LogP contribution >= 0.6 is 11.3 Å². The highest BCUT2D eigenvalue weighted by atomic mass is 32.1. The molecule has 2 aliphatic rings. The molecule has 0 N–H and O–H groups in total. The van der Waals surface area contributed by atoms with Crippen molar-refractivity contribution < 1.29 is 18.9 Å². The minimum absolute atomic E-state index is 0.593. The third kappa shape index (κ3) is 8.34. The van der Waals surface area contributed by atoms with Crippen LogP contribution in [0.25, 0.3) is 20.8 Å². The molecule has 0 bridgehead atoms. The Morgan fingerprint density at radius 1 is 0.750 bits per heavy atom. The Morgan fingerprint density at radius 3 is 2.12 bits per heavy atom. The van der Waals surface area contributed by atoms with Crippen molar-refractivity contribution in [3.8, 4) is 10.6 Å². The van der Waals surface area contributed by atoms with Crippen molar-refractivity contribution >= 4 is 33.1 Å². The molecule has 10 heteroatoms. The molecule has 0 saturated carbocycles. The zero-order valence-corrected chi connectivity index (χ0v) is 24.6. The van der Waals surface area contributed by atoms with Gasteiger partial charge in [-0.1, -0.05) is 0 Å². The molecular formula is C30H43N5O4S. The Kier molecular flexibility index (Phi) is 11.4. The Balaban J connectivity index is 0.996. The van der Waals surface area contributed by atoms with Gasteiger partial charge in [0, 0.05) is 69.9 Å². The van der Waals surface area contributed by atoms with Gasteiger partial charge in [0.1, 0.15) is 10.8 Å². The van der Waals surface area contributed by atoms with Crippen molar-refractivity contribution in [2.75, 3.05) is 108 Å². The molecule has 2 fully saturated rings. The highest BCUT2D eigenvalue weighted by molar-refractivity contribution is 7.21. The second-order valence-corrected chi connectivity index (χ2v) is 11.2. The van der Waals surface area contributed by atoms with Gasteiger partial charge in [-0.3, -0.25) is 4.90 Å². The molecule has 9 nitrogen and oxygen atoms in total. The molecule has 1 aromatic carbocycles. The number of rotatable bonds is 16. The predicted octanol–water partition coefficient (Wildman–Crippen LogP) is 4.17. The number of pyridine rings is 1. The second kappa shape index (κ2) is 15.6. The van der Waals surface area contributed by atoms with Gasteiger partial charge in [0.05, 0.1) is 56.5 Å². The third-order valence-corrected chi connectivity index (χ3v) is 8.47. The molecule has 0 aliphatic carbocycles. The van der Waals surface area contributed by atoms with Gasteiger partial charge in [0.25, 0.3) is 0 Å². The number of piperazine rings is 1. The van der Waals surface area contributed by atoms with E-state index in [4.69, 9.17) is 28.9 Å². The fraction of sp³-hybridized carbons (Fsp3) is 0.600. The second-order valence-electron chi connectivity index (χ2n) is 10.1. The summed E-state index contributed by atoms with van der Waals surface area (Å²) < 4.78 is 23.2. The van der Waals surface area contributed by atoms with E-state index in [0.717, 1.165) is 80.9 Å². The predicted molar refractivity (Wildman–Crippen MR) is 162 cm³/mol. The largest absolute Gasteiger partial charge is 0.379 e. The Hall–Kier alpha value is -2.34.